The van der Waals surface area contributed by atoms with Gasteiger partial charge in [0.1, 0.15) is 17.3 Å². The van der Waals surface area contributed by atoms with Crippen molar-refractivity contribution in [2.45, 2.75) is 31.8 Å². The normalized spacial score (nSPS) is 21.0. The first-order chi connectivity index (χ1) is 14.5. The highest BCUT2D eigenvalue weighted by Gasteiger charge is 2.42. The molecule has 7 heteroatoms. The van der Waals surface area contributed by atoms with Gasteiger partial charge in [0.05, 0.1) is 17.9 Å². The van der Waals surface area contributed by atoms with Crippen LogP contribution in [0.3, 0.4) is 0 Å². The molecule has 0 bridgehead atoms. The van der Waals surface area contributed by atoms with Crippen molar-refractivity contribution in [1.29, 1.82) is 0 Å². The van der Waals surface area contributed by atoms with Gasteiger partial charge in [0.15, 0.2) is 0 Å². The average molecular weight is 411 g/mol. The standard InChI is InChI=1S/C23H23F2N3O2/c24-18-9-7-16(8-10-18)12-23(11-3-6-21(23)29)15-26-22(30)17-13-27-28(14-17)20-5-2-1-4-19(20)25/h1-2,4-5,7-10,13-14,21,29H,3,6,11-12,15H2,(H,26,30). The van der Waals surface area contributed by atoms with E-state index in [1.807, 2.05) is 0 Å². The van der Waals surface area contributed by atoms with Crippen molar-refractivity contribution < 1.29 is 18.7 Å². The molecule has 1 fully saturated rings. The largest absolute Gasteiger partial charge is 0.392 e. The first-order valence-electron chi connectivity index (χ1n) is 9.97. The van der Waals surface area contributed by atoms with E-state index in [0.29, 0.717) is 18.4 Å². The lowest BCUT2D eigenvalue weighted by molar-refractivity contribution is 0.0500. The highest BCUT2D eigenvalue weighted by molar-refractivity contribution is 5.93. The molecular weight excluding hydrogens is 388 g/mol. The fraction of sp³-hybridized carbons (Fsp3) is 0.304. The Morgan fingerprint density at radius 3 is 2.67 bits per heavy atom. The van der Waals surface area contributed by atoms with Crippen LogP contribution in [0.25, 0.3) is 5.69 Å². The first kappa shape index (κ1) is 20.2. The van der Waals surface area contributed by atoms with E-state index in [0.717, 1.165) is 18.4 Å². The number of halogens is 2. The summed E-state index contributed by atoms with van der Waals surface area (Å²) in [7, 11) is 0. The minimum atomic E-state index is -0.552. The van der Waals surface area contributed by atoms with E-state index in [1.165, 1.54) is 35.3 Å². The molecule has 2 N–H and O–H groups in total. The molecule has 0 radical (unpaired) electrons. The van der Waals surface area contributed by atoms with Crippen molar-refractivity contribution in [2.75, 3.05) is 6.54 Å². The van der Waals surface area contributed by atoms with Crippen LogP contribution >= 0.6 is 0 Å². The minimum Gasteiger partial charge on any atom is -0.392 e. The molecule has 4 rings (SSSR count). The molecule has 2 aromatic carbocycles. The third kappa shape index (κ3) is 4.11. The van der Waals surface area contributed by atoms with Gasteiger partial charge >= 0.3 is 0 Å². The Morgan fingerprint density at radius 2 is 1.97 bits per heavy atom. The molecule has 1 aliphatic carbocycles. The molecule has 1 aromatic heterocycles. The van der Waals surface area contributed by atoms with E-state index >= 15 is 0 Å². The monoisotopic (exact) mass is 411 g/mol. The smallest absolute Gasteiger partial charge is 0.254 e. The molecule has 5 nitrogen and oxygen atoms in total. The van der Waals surface area contributed by atoms with Gasteiger partial charge in [-0.15, -0.1) is 0 Å². The van der Waals surface area contributed by atoms with Crippen molar-refractivity contribution in [3.63, 3.8) is 0 Å². The molecule has 0 spiro atoms. The summed E-state index contributed by atoms with van der Waals surface area (Å²) in [5.74, 6) is -1.07. The second kappa shape index (κ2) is 8.36. The third-order valence-corrected chi connectivity index (χ3v) is 5.87. The van der Waals surface area contributed by atoms with Gasteiger partial charge in [0, 0.05) is 18.2 Å². The molecule has 0 saturated heterocycles. The lowest BCUT2D eigenvalue weighted by Gasteiger charge is -2.33. The van der Waals surface area contributed by atoms with Crippen LogP contribution in [0.4, 0.5) is 8.78 Å². The number of hydrogen-bond acceptors (Lipinski definition) is 3. The summed E-state index contributed by atoms with van der Waals surface area (Å²) < 4.78 is 28.5. The number of para-hydroxylation sites is 1. The predicted octanol–water partition coefficient (Wildman–Crippen LogP) is 3.65. The number of rotatable bonds is 6. The number of amides is 1. The zero-order valence-corrected chi connectivity index (χ0v) is 16.4. The number of nitrogens with one attached hydrogen (secondary N) is 1. The third-order valence-electron chi connectivity index (χ3n) is 5.87. The summed E-state index contributed by atoms with van der Waals surface area (Å²) in [6.07, 6.45) is 5.16. The van der Waals surface area contributed by atoms with Gasteiger partial charge in [0.2, 0.25) is 0 Å². The van der Waals surface area contributed by atoms with E-state index in [-0.39, 0.29) is 24.0 Å². The van der Waals surface area contributed by atoms with Gasteiger partial charge in [-0.1, -0.05) is 30.7 Å². The second-order valence-corrected chi connectivity index (χ2v) is 7.88. The van der Waals surface area contributed by atoms with E-state index in [2.05, 4.69) is 10.4 Å². The van der Waals surface area contributed by atoms with E-state index < -0.39 is 17.3 Å². The van der Waals surface area contributed by atoms with E-state index in [1.54, 1.807) is 30.3 Å². The van der Waals surface area contributed by atoms with Gasteiger partial charge in [0.25, 0.3) is 5.91 Å². The summed E-state index contributed by atoms with van der Waals surface area (Å²) in [5.41, 5.74) is 0.979. The molecule has 3 aromatic rings. The van der Waals surface area contributed by atoms with Crippen molar-refractivity contribution in [3.8, 4) is 5.69 Å². The summed E-state index contributed by atoms with van der Waals surface area (Å²) >= 11 is 0. The van der Waals surface area contributed by atoms with Crippen LogP contribution in [-0.2, 0) is 6.42 Å². The molecule has 1 saturated carbocycles. The van der Waals surface area contributed by atoms with Crippen LogP contribution in [0.15, 0.2) is 60.9 Å². The second-order valence-electron chi connectivity index (χ2n) is 7.88. The molecule has 1 amide bonds. The Morgan fingerprint density at radius 1 is 1.20 bits per heavy atom. The maximum Gasteiger partial charge on any atom is 0.254 e. The van der Waals surface area contributed by atoms with E-state index in [9.17, 15) is 18.7 Å². The summed E-state index contributed by atoms with van der Waals surface area (Å²) in [4.78, 5) is 12.7. The van der Waals surface area contributed by atoms with Crippen LogP contribution in [-0.4, -0.2) is 33.4 Å². The van der Waals surface area contributed by atoms with Crippen molar-refractivity contribution in [2.24, 2.45) is 5.41 Å². The molecule has 1 aliphatic rings. The summed E-state index contributed by atoms with van der Waals surface area (Å²) in [6.45, 7) is 0.287. The molecular formula is C23H23F2N3O2. The number of aliphatic hydroxyl groups excluding tert-OH is 1. The van der Waals surface area contributed by atoms with Crippen molar-refractivity contribution >= 4 is 5.91 Å². The topological polar surface area (TPSA) is 67.2 Å². The Balaban J connectivity index is 1.47. The number of aliphatic hydroxyl groups is 1. The zero-order chi connectivity index (χ0) is 21.1. The fourth-order valence-corrected chi connectivity index (χ4v) is 4.17. The molecule has 0 aliphatic heterocycles. The Kier molecular flexibility index (Phi) is 5.63. The molecule has 1 heterocycles. The molecule has 156 valence electrons. The number of hydrogen-bond donors (Lipinski definition) is 2. The van der Waals surface area contributed by atoms with Crippen LogP contribution in [0.5, 0.6) is 0 Å². The van der Waals surface area contributed by atoms with Crippen LogP contribution in [0, 0.1) is 17.0 Å². The lowest BCUT2D eigenvalue weighted by Crippen LogP contribution is -2.44. The maximum absolute atomic E-state index is 14.0. The minimum absolute atomic E-state index is 0.260. The number of aromatic nitrogens is 2. The van der Waals surface area contributed by atoms with Gasteiger partial charge in [-0.3, -0.25) is 4.79 Å². The number of carbonyl (C=O) groups is 1. The Hall–Kier alpha value is -3.06. The summed E-state index contributed by atoms with van der Waals surface area (Å²) in [6, 6.07) is 12.4. The molecule has 2 unspecified atom stereocenters. The molecule has 2 atom stereocenters. The van der Waals surface area contributed by atoms with Crippen molar-refractivity contribution in [1.82, 2.24) is 15.1 Å². The predicted molar refractivity (Wildman–Crippen MR) is 108 cm³/mol. The first-order valence-corrected chi connectivity index (χ1v) is 9.97. The van der Waals surface area contributed by atoms with Crippen LogP contribution in [0.1, 0.15) is 35.2 Å². The Labute approximate surface area is 173 Å². The zero-order valence-electron chi connectivity index (χ0n) is 16.4. The lowest BCUT2D eigenvalue weighted by atomic mass is 9.78. The van der Waals surface area contributed by atoms with Crippen LogP contribution in [0.2, 0.25) is 0 Å². The van der Waals surface area contributed by atoms with Gasteiger partial charge in [-0.05, 0) is 49.1 Å². The maximum atomic E-state index is 14.0. The highest BCUT2D eigenvalue weighted by Crippen LogP contribution is 2.41. The number of carbonyl (C=O) groups excluding carboxylic acids is 1. The Bertz CT molecular complexity index is 1030. The average Bonchev–Trinajstić information content (AvgIpc) is 3.36. The highest BCUT2D eigenvalue weighted by atomic mass is 19.1. The number of nitrogens with zero attached hydrogens (tertiary/aromatic N) is 2. The van der Waals surface area contributed by atoms with Gasteiger partial charge in [-0.25, -0.2) is 13.5 Å². The summed E-state index contributed by atoms with van der Waals surface area (Å²) in [5, 5.41) is 17.6. The fourth-order valence-electron chi connectivity index (χ4n) is 4.17. The van der Waals surface area contributed by atoms with Gasteiger partial charge < -0.3 is 10.4 Å². The quantitative estimate of drug-likeness (QED) is 0.651. The van der Waals surface area contributed by atoms with Crippen molar-refractivity contribution in [3.05, 3.63) is 83.7 Å². The molecule has 30 heavy (non-hydrogen) atoms. The SMILES string of the molecule is O=C(NCC1(Cc2ccc(F)cc2)CCCC1O)c1cnn(-c2ccccc2F)c1. The number of benzene rings is 2. The van der Waals surface area contributed by atoms with Gasteiger partial charge in [-0.2, -0.15) is 5.10 Å². The van der Waals surface area contributed by atoms with E-state index in [4.69, 9.17) is 0 Å². The van der Waals surface area contributed by atoms with Crippen LogP contribution < -0.4 is 5.32 Å².